The van der Waals surface area contributed by atoms with Gasteiger partial charge in [-0.1, -0.05) is 0 Å². The van der Waals surface area contributed by atoms with Crippen LogP contribution in [0.1, 0.15) is 0 Å². The van der Waals surface area contributed by atoms with Crippen molar-refractivity contribution in [2.45, 2.75) is 0 Å². The number of benzene rings is 1. The zero-order valence-electron chi connectivity index (χ0n) is 11.4. The molecule has 0 bridgehead atoms. The van der Waals surface area contributed by atoms with Gasteiger partial charge in [0, 0.05) is 10.8 Å². The summed E-state index contributed by atoms with van der Waals surface area (Å²) in [6, 6.07) is 15.2. The smallest absolute Gasteiger partial charge is 0.170 e. The molecule has 0 aliphatic carbocycles. The minimum Gasteiger partial charge on any atom is -0.461 e. The van der Waals surface area contributed by atoms with Gasteiger partial charge in [-0.3, -0.25) is 0 Å². The minimum atomic E-state index is 0.707. The molecule has 4 aromatic heterocycles. The molecule has 1 aromatic carbocycles. The molecule has 0 unspecified atom stereocenters. The van der Waals surface area contributed by atoms with E-state index in [0.717, 1.165) is 21.9 Å². The van der Waals surface area contributed by atoms with E-state index in [0.29, 0.717) is 23.0 Å². The third-order valence-corrected chi connectivity index (χ3v) is 3.68. The van der Waals surface area contributed by atoms with E-state index in [1.54, 1.807) is 12.5 Å². The van der Waals surface area contributed by atoms with Gasteiger partial charge in [-0.2, -0.15) is 0 Å². The Hall–Kier alpha value is -3.14. The highest BCUT2D eigenvalue weighted by Crippen LogP contribution is 2.34. The Labute approximate surface area is 124 Å². The lowest BCUT2D eigenvalue weighted by molar-refractivity contribution is 0.541. The van der Waals surface area contributed by atoms with Crippen LogP contribution in [0, 0.1) is 0 Å². The van der Waals surface area contributed by atoms with Gasteiger partial charge in [-0.25, -0.2) is 0 Å². The molecule has 0 atom stereocenters. The molecule has 4 nitrogen and oxygen atoms in total. The predicted octanol–water partition coefficient (Wildman–Crippen LogP) is 5.70. The summed E-state index contributed by atoms with van der Waals surface area (Å²) in [5.41, 5.74) is 1.59. The number of hydrogen-bond donors (Lipinski definition) is 0. The second kappa shape index (κ2) is 4.18. The van der Waals surface area contributed by atoms with Crippen molar-refractivity contribution in [3.63, 3.8) is 0 Å². The zero-order valence-corrected chi connectivity index (χ0v) is 11.4. The van der Waals surface area contributed by atoms with E-state index in [4.69, 9.17) is 17.7 Å². The van der Waals surface area contributed by atoms with Crippen molar-refractivity contribution in [2.75, 3.05) is 0 Å². The Morgan fingerprint density at radius 2 is 1.05 bits per heavy atom. The monoisotopic (exact) mass is 290 g/mol. The Bertz CT molecular complexity index is 925. The summed E-state index contributed by atoms with van der Waals surface area (Å²) in [6.07, 6.45) is 3.26. The van der Waals surface area contributed by atoms with Gasteiger partial charge in [0.25, 0.3) is 0 Å². The number of fused-ring (bicyclic) bond motifs is 2. The minimum absolute atomic E-state index is 0.707. The number of hydrogen-bond acceptors (Lipinski definition) is 4. The summed E-state index contributed by atoms with van der Waals surface area (Å²) in [7, 11) is 0. The second-order valence-corrected chi connectivity index (χ2v) is 5.10. The maximum absolute atomic E-state index is 5.86. The lowest BCUT2D eigenvalue weighted by Gasteiger charge is -1.89. The van der Waals surface area contributed by atoms with Crippen LogP contribution >= 0.6 is 0 Å². The van der Waals surface area contributed by atoms with Crippen molar-refractivity contribution in [1.29, 1.82) is 0 Å². The van der Waals surface area contributed by atoms with Gasteiger partial charge in [-0.05, 0) is 48.5 Å². The molecular weight excluding hydrogens is 280 g/mol. The van der Waals surface area contributed by atoms with Gasteiger partial charge < -0.3 is 17.7 Å². The molecule has 106 valence electrons. The predicted molar refractivity (Wildman–Crippen MR) is 81.4 cm³/mol. The Kier molecular flexibility index (Phi) is 2.19. The van der Waals surface area contributed by atoms with E-state index in [1.807, 2.05) is 48.5 Å². The third-order valence-electron chi connectivity index (χ3n) is 3.68. The van der Waals surface area contributed by atoms with Gasteiger partial charge in [0.15, 0.2) is 23.0 Å². The standard InChI is InChI=1S/C18H10O4/c1-3-13(19-5-1)17-9-11-7-16-12(8-15(11)21-17)10-18(22-16)14-4-2-6-20-14/h1-10H. The SMILES string of the molecule is c1coc(-c2cc3cc4oc(-c5ccco5)cc4cc3o2)c1. The first-order valence-electron chi connectivity index (χ1n) is 6.92. The normalized spacial score (nSPS) is 11.6. The molecule has 0 aliphatic rings. The Balaban J connectivity index is 1.69. The van der Waals surface area contributed by atoms with E-state index in [-0.39, 0.29) is 0 Å². The van der Waals surface area contributed by atoms with E-state index in [1.165, 1.54) is 0 Å². The quantitative estimate of drug-likeness (QED) is 0.418. The Morgan fingerprint density at radius 3 is 1.45 bits per heavy atom. The van der Waals surface area contributed by atoms with Crippen molar-refractivity contribution >= 4 is 21.9 Å². The molecule has 0 radical (unpaired) electrons. The first-order chi connectivity index (χ1) is 10.9. The molecule has 4 heterocycles. The van der Waals surface area contributed by atoms with E-state index >= 15 is 0 Å². The van der Waals surface area contributed by atoms with Gasteiger partial charge >= 0.3 is 0 Å². The molecule has 5 aromatic rings. The van der Waals surface area contributed by atoms with Crippen LogP contribution in [0.25, 0.3) is 45.0 Å². The number of rotatable bonds is 2. The molecule has 4 heteroatoms. The maximum atomic E-state index is 5.86. The van der Waals surface area contributed by atoms with E-state index in [9.17, 15) is 0 Å². The van der Waals surface area contributed by atoms with Crippen LogP contribution < -0.4 is 0 Å². The van der Waals surface area contributed by atoms with Gasteiger partial charge in [0.1, 0.15) is 11.2 Å². The van der Waals surface area contributed by atoms with Crippen molar-refractivity contribution in [2.24, 2.45) is 0 Å². The average Bonchev–Trinajstić information content (AvgIpc) is 3.27. The van der Waals surface area contributed by atoms with Gasteiger partial charge in [0.05, 0.1) is 12.5 Å². The lowest BCUT2D eigenvalue weighted by Crippen LogP contribution is -1.63. The van der Waals surface area contributed by atoms with Crippen molar-refractivity contribution in [1.82, 2.24) is 0 Å². The molecule has 22 heavy (non-hydrogen) atoms. The first kappa shape index (κ1) is 11.5. The molecule has 5 rings (SSSR count). The molecule has 0 N–H and O–H groups in total. The van der Waals surface area contributed by atoms with Crippen LogP contribution in [0.15, 0.2) is 78.7 Å². The zero-order chi connectivity index (χ0) is 14.5. The molecule has 0 saturated heterocycles. The summed E-state index contributed by atoms with van der Waals surface area (Å²) in [6.45, 7) is 0. The van der Waals surface area contributed by atoms with Crippen LogP contribution in [0.3, 0.4) is 0 Å². The average molecular weight is 290 g/mol. The first-order valence-corrected chi connectivity index (χ1v) is 6.92. The maximum Gasteiger partial charge on any atom is 0.170 e. The second-order valence-electron chi connectivity index (χ2n) is 5.10. The summed E-state index contributed by atoms with van der Waals surface area (Å²) < 4.78 is 22.5. The molecule has 0 fully saturated rings. The van der Waals surface area contributed by atoms with Crippen LogP contribution in [0.2, 0.25) is 0 Å². The Morgan fingerprint density at radius 1 is 0.545 bits per heavy atom. The fourth-order valence-corrected chi connectivity index (χ4v) is 2.65. The van der Waals surface area contributed by atoms with Crippen LogP contribution in [0.5, 0.6) is 0 Å². The molecular formula is C18H10O4. The topological polar surface area (TPSA) is 52.6 Å². The van der Waals surface area contributed by atoms with Crippen LogP contribution in [-0.2, 0) is 0 Å². The van der Waals surface area contributed by atoms with Crippen LogP contribution in [-0.4, -0.2) is 0 Å². The van der Waals surface area contributed by atoms with E-state index in [2.05, 4.69) is 0 Å². The molecule has 0 spiro atoms. The highest BCUT2D eigenvalue weighted by Gasteiger charge is 2.13. The molecule has 0 amide bonds. The van der Waals surface area contributed by atoms with Crippen molar-refractivity contribution < 1.29 is 17.7 Å². The fraction of sp³-hybridized carbons (Fsp3) is 0. The van der Waals surface area contributed by atoms with Gasteiger partial charge in [-0.15, -0.1) is 0 Å². The summed E-state index contributed by atoms with van der Waals surface area (Å²) in [5.74, 6) is 2.84. The number of furan rings is 4. The van der Waals surface area contributed by atoms with Crippen molar-refractivity contribution in [3.8, 4) is 23.0 Å². The van der Waals surface area contributed by atoms with Gasteiger partial charge in [0.2, 0.25) is 0 Å². The molecule has 0 saturated carbocycles. The molecule has 0 aliphatic heterocycles. The summed E-state index contributed by atoms with van der Waals surface area (Å²) in [4.78, 5) is 0. The van der Waals surface area contributed by atoms with Crippen molar-refractivity contribution in [3.05, 3.63) is 61.1 Å². The highest BCUT2D eigenvalue weighted by molar-refractivity contribution is 5.96. The van der Waals surface area contributed by atoms with E-state index < -0.39 is 0 Å². The summed E-state index contributed by atoms with van der Waals surface area (Å²) in [5, 5.41) is 1.94. The highest BCUT2D eigenvalue weighted by atomic mass is 16.4. The largest absolute Gasteiger partial charge is 0.461 e. The summed E-state index contributed by atoms with van der Waals surface area (Å²) >= 11 is 0. The van der Waals surface area contributed by atoms with Crippen LogP contribution in [0.4, 0.5) is 0 Å². The lowest BCUT2D eigenvalue weighted by atomic mass is 10.2. The third kappa shape index (κ3) is 1.64. The fourth-order valence-electron chi connectivity index (χ4n) is 2.65.